The van der Waals surface area contributed by atoms with Crippen molar-refractivity contribution < 1.29 is 14.3 Å². The van der Waals surface area contributed by atoms with Crippen LogP contribution in [0.1, 0.15) is 26.3 Å². The third-order valence-electron chi connectivity index (χ3n) is 4.11. The first kappa shape index (κ1) is 23.3. The van der Waals surface area contributed by atoms with Gasteiger partial charge in [0, 0.05) is 27.7 Å². The van der Waals surface area contributed by atoms with Gasteiger partial charge in [0.15, 0.2) is 6.61 Å². The van der Waals surface area contributed by atoms with Crippen molar-refractivity contribution in [3.63, 3.8) is 0 Å². The van der Waals surface area contributed by atoms with Gasteiger partial charge in [0.2, 0.25) is 5.91 Å². The fourth-order valence-corrected chi connectivity index (χ4v) is 3.25. The predicted octanol–water partition coefficient (Wildman–Crippen LogP) is 4.97. The van der Waals surface area contributed by atoms with Crippen molar-refractivity contribution in [1.82, 2.24) is 10.2 Å². The van der Waals surface area contributed by atoms with Crippen molar-refractivity contribution >= 4 is 46.6 Å². The lowest BCUT2D eigenvalue weighted by Gasteiger charge is -2.29. The number of nitrogens with one attached hydrogen (secondary N) is 1. The topological polar surface area (TPSA) is 58.6 Å². The first-order valence-corrected chi connectivity index (χ1v) is 10.2. The summed E-state index contributed by atoms with van der Waals surface area (Å²) in [6, 6.07) is 11.0. The standard InChI is InChI=1S/C21H23Cl3N2O3/c1-13(2)25-21(28)14(3)26(11-15-7-8-17(23)10-19(15)24)20(27)12-29-18-6-4-5-16(22)9-18/h4-10,13-14H,11-12H2,1-3H3,(H,25,28)/t14-/m1/s1. The minimum atomic E-state index is -0.723. The fourth-order valence-electron chi connectivity index (χ4n) is 2.61. The highest BCUT2D eigenvalue weighted by Crippen LogP contribution is 2.23. The number of hydrogen-bond donors (Lipinski definition) is 1. The molecule has 0 heterocycles. The number of rotatable bonds is 8. The van der Waals surface area contributed by atoms with Gasteiger partial charge in [-0.2, -0.15) is 0 Å². The number of carbonyl (C=O) groups is 2. The van der Waals surface area contributed by atoms with E-state index in [4.69, 9.17) is 39.5 Å². The summed E-state index contributed by atoms with van der Waals surface area (Å²) in [6.07, 6.45) is 0. The second-order valence-corrected chi connectivity index (χ2v) is 8.12. The van der Waals surface area contributed by atoms with Crippen LogP contribution in [0.25, 0.3) is 0 Å². The molecule has 2 amide bonds. The second-order valence-electron chi connectivity index (χ2n) is 6.84. The zero-order valence-corrected chi connectivity index (χ0v) is 18.7. The fraction of sp³-hybridized carbons (Fsp3) is 0.333. The van der Waals surface area contributed by atoms with Crippen molar-refractivity contribution in [2.75, 3.05) is 6.61 Å². The van der Waals surface area contributed by atoms with Crippen LogP contribution in [0.2, 0.25) is 15.1 Å². The number of hydrogen-bond acceptors (Lipinski definition) is 3. The SMILES string of the molecule is CC(C)NC(=O)[C@@H](C)N(Cc1ccc(Cl)cc1Cl)C(=O)COc1cccc(Cl)c1. The van der Waals surface area contributed by atoms with Crippen LogP contribution in [0.4, 0.5) is 0 Å². The molecule has 0 radical (unpaired) electrons. The predicted molar refractivity (Wildman–Crippen MR) is 117 cm³/mol. The zero-order chi connectivity index (χ0) is 21.6. The molecule has 0 saturated carbocycles. The van der Waals surface area contributed by atoms with Gasteiger partial charge in [0.05, 0.1) is 0 Å². The van der Waals surface area contributed by atoms with E-state index in [1.54, 1.807) is 49.4 Å². The highest BCUT2D eigenvalue weighted by atomic mass is 35.5. The lowest BCUT2D eigenvalue weighted by molar-refractivity contribution is -0.142. The number of amides is 2. The first-order chi connectivity index (χ1) is 13.7. The molecule has 5 nitrogen and oxygen atoms in total. The highest BCUT2D eigenvalue weighted by Gasteiger charge is 2.27. The summed E-state index contributed by atoms with van der Waals surface area (Å²) >= 11 is 18.2. The summed E-state index contributed by atoms with van der Waals surface area (Å²) in [5.41, 5.74) is 0.677. The number of halogens is 3. The summed E-state index contributed by atoms with van der Waals surface area (Å²) < 4.78 is 5.57. The third kappa shape index (κ3) is 7.11. The maximum absolute atomic E-state index is 12.9. The normalized spacial score (nSPS) is 11.8. The Morgan fingerprint density at radius 2 is 1.72 bits per heavy atom. The Balaban J connectivity index is 2.20. The largest absolute Gasteiger partial charge is 0.484 e. The van der Waals surface area contributed by atoms with Crippen molar-refractivity contribution in [2.45, 2.75) is 39.4 Å². The van der Waals surface area contributed by atoms with Crippen LogP contribution in [0.15, 0.2) is 42.5 Å². The van der Waals surface area contributed by atoms with E-state index < -0.39 is 6.04 Å². The minimum absolute atomic E-state index is 0.0521. The maximum atomic E-state index is 12.9. The Morgan fingerprint density at radius 3 is 2.34 bits per heavy atom. The molecular weight excluding hydrogens is 435 g/mol. The van der Waals surface area contributed by atoms with Crippen LogP contribution in [-0.4, -0.2) is 35.4 Å². The number of benzene rings is 2. The molecule has 1 N–H and O–H groups in total. The van der Waals surface area contributed by atoms with Gasteiger partial charge in [0.1, 0.15) is 11.8 Å². The molecule has 1 atom stereocenters. The van der Waals surface area contributed by atoms with Crippen LogP contribution in [0.3, 0.4) is 0 Å². The van der Waals surface area contributed by atoms with Gasteiger partial charge in [-0.15, -0.1) is 0 Å². The van der Waals surface area contributed by atoms with E-state index in [0.717, 1.165) is 0 Å². The summed E-state index contributed by atoms with van der Waals surface area (Å²) in [4.78, 5) is 26.9. The summed E-state index contributed by atoms with van der Waals surface area (Å²) in [5.74, 6) is -0.154. The molecule has 0 spiro atoms. The lowest BCUT2D eigenvalue weighted by Crippen LogP contribution is -2.50. The third-order valence-corrected chi connectivity index (χ3v) is 4.93. The monoisotopic (exact) mass is 456 g/mol. The maximum Gasteiger partial charge on any atom is 0.261 e. The van der Waals surface area contributed by atoms with Crippen LogP contribution >= 0.6 is 34.8 Å². The van der Waals surface area contributed by atoms with E-state index >= 15 is 0 Å². The summed E-state index contributed by atoms with van der Waals surface area (Å²) in [6.45, 7) is 5.27. The van der Waals surface area contributed by atoms with Crippen molar-refractivity contribution in [3.8, 4) is 5.75 Å². The van der Waals surface area contributed by atoms with Crippen molar-refractivity contribution in [3.05, 3.63) is 63.1 Å². The van der Waals surface area contributed by atoms with E-state index in [9.17, 15) is 9.59 Å². The molecule has 8 heteroatoms. The lowest BCUT2D eigenvalue weighted by atomic mass is 10.1. The van der Waals surface area contributed by atoms with E-state index in [1.165, 1.54) is 4.90 Å². The van der Waals surface area contributed by atoms with Crippen molar-refractivity contribution in [2.24, 2.45) is 0 Å². The number of carbonyl (C=O) groups excluding carboxylic acids is 2. The molecule has 0 fully saturated rings. The first-order valence-electron chi connectivity index (χ1n) is 9.09. The number of nitrogens with zero attached hydrogens (tertiary/aromatic N) is 1. The summed E-state index contributed by atoms with van der Waals surface area (Å²) in [7, 11) is 0. The molecular formula is C21H23Cl3N2O3. The second kappa shape index (κ2) is 10.7. The Hall–Kier alpha value is -1.95. The quantitative estimate of drug-likeness (QED) is 0.609. The van der Waals surface area contributed by atoms with Gasteiger partial charge < -0.3 is 15.0 Å². The zero-order valence-electron chi connectivity index (χ0n) is 16.4. The van der Waals surface area contributed by atoms with Gasteiger partial charge >= 0.3 is 0 Å². The molecule has 2 rings (SSSR count). The van der Waals surface area contributed by atoms with Gasteiger partial charge in [0.25, 0.3) is 5.91 Å². The van der Waals surface area contributed by atoms with Crippen LogP contribution in [0, 0.1) is 0 Å². The molecule has 0 aromatic heterocycles. The molecule has 2 aromatic rings. The molecule has 29 heavy (non-hydrogen) atoms. The van der Waals surface area contributed by atoms with Gasteiger partial charge in [-0.3, -0.25) is 9.59 Å². The molecule has 0 aliphatic heterocycles. The Bertz CT molecular complexity index is 874. The van der Waals surface area contributed by atoms with Gasteiger partial charge in [-0.25, -0.2) is 0 Å². The van der Waals surface area contributed by atoms with Gasteiger partial charge in [-0.1, -0.05) is 46.9 Å². The Kier molecular flexibility index (Phi) is 8.62. The average Bonchev–Trinajstić information content (AvgIpc) is 2.64. The van der Waals surface area contributed by atoms with E-state index in [-0.39, 0.29) is 31.0 Å². The van der Waals surface area contributed by atoms with Crippen LogP contribution in [-0.2, 0) is 16.1 Å². The van der Waals surface area contributed by atoms with E-state index in [2.05, 4.69) is 5.32 Å². The van der Waals surface area contributed by atoms with E-state index in [1.807, 2.05) is 13.8 Å². The average molecular weight is 458 g/mol. The van der Waals surface area contributed by atoms with Crippen molar-refractivity contribution in [1.29, 1.82) is 0 Å². The van der Waals surface area contributed by atoms with E-state index in [0.29, 0.717) is 26.4 Å². The molecule has 156 valence electrons. The molecule has 0 aliphatic carbocycles. The van der Waals surface area contributed by atoms with Crippen LogP contribution in [0.5, 0.6) is 5.75 Å². The number of ether oxygens (including phenoxy) is 1. The summed E-state index contributed by atoms with van der Waals surface area (Å²) in [5, 5.41) is 4.24. The highest BCUT2D eigenvalue weighted by molar-refractivity contribution is 6.35. The molecule has 0 saturated heterocycles. The Labute approximate surface area is 185 Å². The Morgan fingerprint density at radius 1 is 1.03 bits per heavy atom. The minimum Gasteiger partial charge on any atom is -0.484 e. The molecule has 0 bridgehead atoms. The molecule has 2 aromatic carbocycles. The molecule has 0 aliphatic rings. The van der Waals surface area contributed by atoms with Crippen LogP contribution < -0.4 is 10.1 Å². The molecule has 0 unspecified atom stereocenters. The van der Waals surface area contributed by atoms with Gasteiger partial charge in [-0.05, 0) is 56.7 Å². The smallest absolute Gasteiger partial charge is 0.261 e.